The van der Waals surface area contributed by atoms with Crippen molar-refractivity contribution >= 4 is 17.8 Å². The molecule has 0 spiro atoms. The fourth-order valence-electron chi connectivity index (χ4n) is 1.64. The fraction of sp³-hybridized carbons (Fsp3) is 0.800. The SMILES string of the molecule is CCNC(=NCC(=O)NC(C)(C)C)NCCC(=O)NC(C)C. The fourth-order valence-corrected chi connectivity index (χ4v) is 1.64. The maximum atomic E-state index is 11.7. The van der Waals surface area contributed by atoms with Crippen LogP contribution in [-0.4, -0.2) is 49.0 Å². The number of aliphatic imine (C=N–C) groups is 1. The molecule has 0 aliphatic rings. The molecule has 22 heavy (non-hydrogen) atoms. The van der Waals surface area contributed by atoms with Crippen LogP contribution < -0.4 is 21.3 Å². The minimum absolute atomic E-state index is 0.0103. The van der Waals surface area contributed by atoms with Gasteiger partial charge in [-0.15, -0.1) is 0 Å². The van der Waals surface area contributed by atoms with Gasteiger partial charge in [-0.2, -0.15) is 0 Å². The first-order valence-corrected chi connectivity index (χ1v) is 7.76. The zero-order chi connectivity index (χ0) is 17.2. The van der Waals surface area contributed by atoms with E-state index in [0.717, 1.165) is 0 Å². The lowest BCUT2D eigenvalue weighted by Crippen LogP contribution is -2.43. The molecule has 0 aromatic heterocycles. The Morgan fingerprint density at radius 3 is 2.23 bits per heavy atom. The van der Waals surface area contributed by atoms with Crippen molar-refractivity contribution in [2.45, 2.75) is 59.5 Å². The van der Waals surface area contributed by atoms with E-state index in [-0.39, 0.29) is 29.9 Å². The van der Waals surface area contributed by atoms with E-state index >= 15 is 0 Å². The molecule has 7 heteroatoms. The largest absolute Gasteiger partial charge is 0.357 e. The first kappa shape index (κ1) is 20.2. The molecule has 0 saturated heterocycles. The van der Waals surface area contributed by atoms with Crippen molar-refractivity contribution in [1.82, 2.24) is 21.3 Å². The van der Waals surface area contributed by atoms with Gasteiger partial charge in [-0.05, 0) is 41.5 Å². The maximum Gasteiger partial charge on any atom is 0.242 e. The summed E-state index contributed by atoms with van der Waals surface area (Å²) in [6, 6.07) is 0.135. The third kappa shape index (κ3) is 12.0. The van der Waals surface area contributed by atoms with Crippen molar-refractivity contribution < 1.29 is 9.59 Å². The summed E-state index contributed by atoms with van der Waals surface area (Å²) in [4.78, 5) is 27.5. The molecule has 0 radical (unpaired) electrons. The van der Waals surface area contributed by atoms with Crippen LogP contribution in [0.4, 0.5) is 0 Å². The molecule has 0 unspecified atom stereocenters. The van der Waals surface area contributed by atoms with Crippen LogP contribution in [0.25, 0.3) is 0 Å². The molecule has 0 aliphatic heterocycles. The average molecular weight is 313 g/mol. The van der Waals surface area contributed by atoms with Gasteiger partial charge < -0.3 is 21.3 Å². The second-order valence-corrected chi connectivity index (χ2v) is 6.39. The summed E-state index contributed by atoms with van der Waals surface area (Å²) in [6.07, 6.45) is 0.358. The van der Waals surface area contributed by atoms with Crippen LogP contribution in [0.15, 0.2) is 4.99 Å². The Morgan fingerprint density at radius 2 is 1.73 bits per heavy atom. The predicted molar refractivity (Wildman–Crippen MR) is 89.8 cm³/mol. The van der Waals surface area contributed by atoms with Gasteiger partial charge >= 0.3 is 0 Å². The average Bonchev–Trinajstić information content (AvgIpc) is 2.32. The Bertz CT molecular complexity index is 386. The van der Waals surface area contributed by atoms with Crippen LogP contribution in [0.5, 0.6) is 0 Å². The van der Waals surface area contributed by atoms with Gasteiger partial charge in [-0.25, -0.2) is 4.99 Å². The van der Waals surface area contributed by atoms with Crippen molar-refractivity contribution in [3.8, 4) is 0 Å². The molecule has 2 amide bonds. The first-order valence-electron chi connectivity index (χ1n) is 7.76. The topological polar surface area (TPSA) is 94.6 Å². The van der Waals surface area contributed by atoms with Crippen LogP contribution >= 0.6 is 0 Å². The number of rotatable bonds is 7. The molecule has 7 nitrogen and oxygen atoms in total. The van der Waals surface area contributed by atoms with E-state index in [9.17, 15) is 9.59 Å². The Labute approximate surface area is 133 Å². The van der Waals surface area contributed by atoms with E-state index in [2.05, 4.69) is 26.3 Å². The molecule has 0 fully saturated rings. The number of nitrogens with one attached hydrogen (secondary N) is 4. The summed E-state index contributed by atoms with van der Waals surface area (Å²) >= 11 is 0. The molecule has 0 aromatic carbocycles. The molecule has 0 bridgehead atoms. The highest BCUT2D eigenvalue weighted by Crippen LogP contribution is 1.97. The molecule has 0 atom stereocenters. The quantitative estimate of drug-likeness (QED) is 0.403. The van der Waals surface area contributed by atoms with Gasteiger partial charge in [-0.1, -0.05) is 0 Å². The Morgan fingerprint density at radius 1 is 1.09 bits per heavy atom. The summed E-state index contributed by atoms with van der Waals surface area (Å²) in [5, 5.41) is 11.8. The van der Waals surface area contributed by atoms with Crippen molar-refractivity contribution in [1.29, 1.82) is 0 Å². The molecule has 4 N–H and O–H groups in total. The third-order valence-electron chi connectivity index (χ3n) is 2.33. The van der Waals surface area contributed by atoms with Crippen molar-refractivity contribution in [2.24, 2.45) is 4.99 Å². The van der Waals surface area contributed by atoms with Crippen molar-refractivity contribution in [3.63, 3.8) is 0 Å². The normalized spacial score (nSPS) is 12.0. The lowest BCUT2D eigenvalue weighted by atomic mass is 10.1. The molecule has 0 rings (SSSR count). The number of carbonyl (C=O) groups excluding carboxylic acids is 2. The first-order chi connectivity index (χ1) is 10.1. The van der Waals surface area contributed by atoms with E-state index in [1.54, 1.807) is 0 Å². The van der Waals surface area contributed by atoms with Crippen LogP contribution in [-0.2, 0) is 9.59 Å². The highest BCUT2D eigenvalue weighted by molar-refractivity contribution is 5.85. The van der Waals surface area contributed by atoms with Gasteiger partial charge in [0.25, 0.3) is 0 Å². The summed E-state index contributed by atoms with van der Waals surface area (Å²) in [5.41, 5.74) is -0.271. The van der Waals surface area contributed by atoms with Gasteiger partial charge in [-0.3, -0.25) is 9.59 Å². The number of hydrogen-bond donors (Lipinski definition) is 4. The number of guanidine groups is 1. The Hall–Kier alpha value is -1.79. The standard InChI is InChI=1S/C15H31N5O2/c1-7-16-14(17-9-8-12(21)19-11(2)3)18-10-13(22)20-15(4,5)6/h11H,7-10H2,1-6H3,(H,19,21)(H,20,22)(H2,16,17,18). The third-order valence-corrected chi connectivity index (χ3v) is 2.33. The van der Waals surface area contributed by atoms with Crippen LogP contribution in [0.3, 0.4) is 0 Å². The van der Waals surface area contributed by atoms with Gasteiger partial charge in [0.05, 0.1) is 0 Å². The van der Waals surface area contributed by atoms with E-state index in [1.165, 1.54) is 0 Å². The van der Waals surface area contributed by atoms with Crippen LogP contribution in [0, 0.1) is 0 Å². The van der Waals surface area contributed by atoms with Crippen LogP contribution in [0.1, 0.15) is 48.0 Å². The van der Waals surface area contributed by atoms with Gasteiger partial charge in [0, 0.05) is 31.1 Å². The number of carbonyl (C=O) groups is 2. The van der Waals surface area contributed by atoms with Gasteiger partial charge in [0.15, 0.2) is 5.96 Å². The zero-order valence-electron chi connectivity index (χ0n) is 14.7. The van der Waals surface area contributed by atoms with E-state index in [4.69, 9.17) is 0 Å². The molecule has 0 aromatic rings. The molecule has 0 aliphatic carbocycles. The second kappa shape index (κ2) is 10.0. The Kier molecular flexibility index (Phi) is 9.21. The van der Waals surface area contributed by atoms with E-state index < -0.39 is 0 Å². The molecular weight excluding hydrogens is 282 g/mol. The van der Waals surface area contributed by atoms with Gasteiger partial charge in [0.1, 0.15) is 6.54 Å². The maximum absolute atomic E-state index is 11.7. The summed E-state index contributed by atoms with van der Waals surface area (Å²) in [7, 11) is 0. The Balaban J connectivity index is 4.27. The number of amides is 2. The van der Waals surface area contributed by atoms with Crippen LogP contribution in [0.2, 0.25) is 0 Å². The highest BCUT2D eigenvalue weighted by atomic mass is 16.2. The summed E-state index contributed by atoms with van der Waals surface area (Å²) in [5.74, 6) is 0.384. The lowest BCUT2D eigenvalue weighted by molar-refractivity contribution is -0.122. The van der Waals surface area contributed by atoms with Crippen molar-refractivity contribution in [3.05, 3.63) is 0 Å². The predicted octanol–water partition coefficient (Wildman–Crippen LogP) is 0.371. The second-order valence-electron chi connectivity index (χ2n) is 6.39. The van der Waals surface area contributed by atoms with E-state index in [1.807, 2.05) is 41.5 Å². The van der Waals surface area contributed by atoms with E-state index in [0.29, 0.717) is 25.5 Å². The number of nitrogens with zero attached hydrogens (tertiary/aromatic N) is 1. The van der Waals surface area contributed by atoms with Crippen molar-refractivity contribution in [2.75, 3.05) is 19.6 Å². The molecular formula is C15H31N5O2. The monoisotopic (exact) mass is 313 g/mol. The zero-order valence-corrected chi connectivity index (χ0v) is 14.7. The molecule has 0 heterocycles. The molecule has 0 saturated carbocycles. The lowest BCUT2D eigenvalue weighted by Gasteiger charge is -2.20. The number of hydrogen-bond acceptors (Lipinski definition) is 3. The minimum atomic E-state index is -0.271. The summed E-state index contributed by atoms with van der Waals surface area (Å²) < 4.78 is 0. The smallest absolute Gasteiger partial charge is 0.242 e. The minimum Gasteiger partial charge on any atom is -0.357 e. The molecule has 128 valence electrons. The van der Waals surface area contributed by atoms with Gasteiger partial charge in [0.2, 0.25) is 11.8 Å². The summed E-state index contributed by atoms with van der Waals surface area (Å²) in [6.45, 7) is 12.7. The highest BCUT2D eigenvalue weighted by Gasteiger charge is 2.13.